The number of rotatable bonds is 5. The maximum Gasteiger partial charge on any atom is 0.331 e. The van der Waals surface area contributed by atoms with E-state index < -0.39 is 58.8 Å². The number of methoxy groups -OCH3 is 2. The molecule has 3 aromatic rings. The van der Waals surface area contributed by atoms with Gasteiger partial charge in [-0.25, -0.2) is 4.79 Å². The number of ether oxygens (including phenoxy) is 8. The van der Waals surface area contributed by atoms with E-state index in [0.717, 1.165) is 22.3 Å². The van der Waals surface area contributed by atoms with E-state index in [-0.39, 0.29) is 36.7 Å². The van der Waals surface area contributed by atoms with Gasteiger partial charge in [-0.3, -0.25) is 29.5 Å². The van der Waals surface area contributed by atoms with Crippen molar-refractivity contribution in [3.05, 3.63) is 62.7 Å². The second-order valence-electron chi connectivity index (χ2n) is 16.2. The molecule has 2 saturated heterocycles. The summed E-state index contributed by atoms with van der Waals surface area (Å²) in [6.45, 7) is 7.80. The van der Waals surface area contributed by atoms with Gasteiger partial charge >= 0.3 is 23.9 Å². The van der Waals surface area contributed by atoms with Gasteiger partial charge in [0.2, 0.25) is 6.79 Å². The summed E-state index contributed by atoms with van der Waals surface area (Å²) in [7, 11) is 4.98. The maximum atomic E-state index is 15.0. The molecule has 7 atom stereocenters. The molecule has 0 aromatic heterocycles. The molecule has 10 rings (SSSR count). The highest BCUT2D eigenvalue weighted by Crippen LogP contribution is 2.65. The molecule has 7 aliphatic heterocycles. The molecule has 0 unspecified atom stereocenters. The summed E-state index contributed by atoms with van der Waals surface area (Å²) in [5, 5.41) is 14.2. The Bertz CT molecular complexity index is 2470. The number of likely N-dealkylation sites (N-methyl/N-ethyl adjacent to an activating group) is 1. The number of benzene rings is 3. The average Bonchev–Trinajstić information content (AvgIpc) is 3.70. The van der Waals surface area contributed by atoms with E-state index in [1.54, 1.807) is 12.1 Å². The Morgan fingerprint density at radius 2 is 1.61 bits per heavy atom. The van der Waals surface area contributed by atoms with Gasteiger partial charge in [0.05, 0.1) is 37.6 Å². The first kappa shape index (κ1) is 40.8. The van der Waals surface area contributed by atoms with Crippen LogP contribution in [0.1, 0.15) is 82.6 Å². The highest BCUT2D eigenvalue weighted by Gasteiger charge is 2.62. The van der Waals surface area contributed by atoms with Gasteiger partial charge in [-0.15, -0.1) is 11.8 Å². The number of nitrogens with one attached hydrogen (secondary N) is 1. The van der Waals surface area contributed by atoms with Crippen molar-refractivity contribution >= 4 is 35.6 Å². The Kier molecular flexibility index (Phi) is 10.1. The van der Waals surface area contributed by atoms with E-state index in [9.17, 15) is 24.4 Å². The van der Waals surface area contributed by atoms with Crippen LogP contribution in [0.5, 0.6) is 40.2 Å². The zero-order valence-electron chi connectivity index (χ0n) is 35.1. The Morgan fingerprint density at radius 1 is 0.885 bits per heavy atom. The highest BCUT2D eigenvalue weighted by molar-refractivity contribution is 7.99. The summed E-state index contributed by atoms with van der Waals surface area (Å²) >= 11 is 1.46. The predicted octanol–water partition coefficient (Wildman–Crippen LogP) is 4.43. The number of fused-ring (bicyclic) bond motifs is 9. The molecule has 4 bridgehead atoms. The fourth-order valence-corrected chi connectivity index (χ4v) is 12.3. The fraction of sp³-hybridized carbons (Fsp3) is 0.477. The first-order valence-electron chi connectivity index (χ1n) is 20.1. The molecule has 7 heterocycles. The first-order valence-corrected chi connectivity index (χ1v) is 21.1. The van der Waals surface area contributed by atoms with Crippen LogP contribution in [0.2, 0.25) is 0 Å². The SMILES string of the molecule is COc1cc2c(cc1OC(C)=O)CCN[C@]21CS[C@@H]2c3c(OC(C)=O)c(C)c4c(c3[C@H](COC1=O)N1[C@@H]2[C@H]2c3c(cc(C)c(OC)c3OC(C)=O)C[C@@H]([C@@H]1C#N)N2C)OCO4. The monoisotopic (exact) mass is 854 g/mol. The molecular formula is C44H46N4O12S. The average molecular weight is 855 g/mol. The number of thioether (sulfide) groups is 1. The van der Waals surface area contributed by atoms with Crippen molar-refractivity contribution in [1.29, 1.82) is 5.26 Å². The van der Waals surface area contributed by atoms with Gasteiger partial charge in [0, 0.05) is 67.4 Å². The van der Waals surface area contributed by atoms with Gasteiger partial charge in [-0.1, -0.05) is 6.07 Å². The zero-order valence-corrected chi connectivity index (χ0v) is 35.9. The van der Waals surface area contributed by atoms with Crippen molar-refractivity contribution in [2.75, 3.05) is 47.0 Å². The smallest absolute Gasteiger partial charge is 0.331 e. The van der Waals surface area contributed by atoms with Crippen molar-refractivity contribution < 1.29 is 57.1 Å². The minimum Gasteiger partial charge on any atom is -0.493 e. The van der Waals surface area contributed by atoms with Crippen molar-refractivity contribution in [3.8, 4) is 46.3 Å². The van der Waals surface area contributed by atoms with Gasteiger partial charge < -0.3 is 37.9 Å². The van der Waals surface area contributed by atoms with Crippen molar-refractivity contribution in [2.24, 2.45) is 0 Å². The molecule has 1 N–H and O–H groups in total. The van der Waals surface area contributed by atoms with Crippen LogP contribution < -0.4 is 38.5 Å². The van der Waals surface area contributed by atoms with E-state index in [1.165, 1.54) is 46.8 Å². The van der Waals surface area contributed by atoms with E-state index in [4.69, 9.17) is 37.9 Å². The Hall–Kier alpha value is -5.54. The van der Waals surface area contributed by atoms with Gasteiger partial charge in [-0.05, 0) is 68.1 Å². The Balaban J connectivity index is 1.33. The van der Waals surface area contributed by atoms with Crippen LogP contribution in [0, 0.1) is 25.2 Å². The third kappa shape index (κ3) is 6.12. The van der Waals surface area contributed by atoms with Gasteiger partial charge in [0.25, 0.3) is 0 Å². The Morgan fingerprint density at radius 3 is 2.30 bits per heavy atom. The fourth-order valence-electron chi connectivity index (χ4n) is 10.6. The van der Waals surface area contributed by atoms with E-state index in [0.29, 0.717) is 70.4 Å². The molecule has 320 valence electrons. The number of nitriles is 1. The Labute approximate surface area is 356 Å². The van der Waals surface area contributed by atoms with Crippen LogP contribution in [0.15, 0.2) is 18.2 Å². The number of hydrogen-bond donors (Lipinski definition) is 1. The van der Waals surface area contributed by atoms with Crippen LogP contribution in [0.25, 0.3) is 0 Å². The second-order valence-corrected chi connectivity index (χ2v) is 17.4. The lowest BCUT2D eigenvalue weighted by atomic mass is 9.71. The summed E-state index contributed by atoms with van der Waals surface area (Å²) in [6, 6.07) is 5.14. The number of nitrogens with zero attached hydrogens (tertiary/aromatic N) is 3. The van der Waals surface area contributed by atoms with Crippen LogP contribution in [0.3, 0.4) is 0 Å². The van der Waals surface area contributed by atoms with Crippen LogP contribution in [0.4, 0.5) is 0 Å². The molecular weight excluding hydrogens is 809 g/mol. The lowest BCUT2D eigenvalue weighted by Gasteiger charge is -2.62. The molecule has 61 heavy (non-hydrogen) atoms. The minimum atomic E-state index is -1.43. The lowest BCUT2D eigenvalue weighted by Crippen LogP contribution is -2.69. The largest absolute Gasteiger partial charge is 0.493 e. The lowest BCUT2D eigenvalue weighted by molar-refractivity contribution is -0.157. The molecule has 0 radical (unpaired) electrons. The van der Waals surface area contributed by atoms with Crippen LogP contribution in [-0.4, -0.2) is 98.8 Å². The van der Waals surface area contributed by atoms with Gasteiger partial charge in [-0.2, -0.15) is 5.26 Å². The first-order chi connectivity index (χ1) is 29.2. The van der Waals surface area contributed by atoms with Gasteiger partial charge in [0.1, 0.15) is 18.4 Å². The standard InChI is InChI=1S/C44H46N4O12S/c1-19-11-25-12-27-28(15-45)48-29-16-55-43(52)44(26-14-30(53-7)31(58-21(3)49)13-24(26)9-10-46-44)17-61-42(34-33(29)40-39(56-18-57-40)20(2)38(34)59-22(4)50)36(48)35(47(27)6)32(25)41(37(19)54-8)60-23(5)51/h11,13-14,27-29,35-36,42,46H,9-10,12,16-18H2,1-8H3/t27-,28-,29-,35+,36+,42+,44+/m0/s1. The number of piperazine rings is 1. The zero-order chi connectivity index (χ0) is 43.2. The summed E-state index contributed by atoms with van der Waals surface area (Å²) in [4.78, 5) is 57.4. The second kappa shape index (κ2) is 15.1. The molecule has 2 fully saturated rings. The third-order valence-corrected chi connectivity index (χ3v) is 14.4. The normalized spacial score (nSPS) is 27.0. The number of carbonyl (C=O) groups is 4. The van der Waals surface area contributed by atoms with Crippen LogP contribution in [-0.2, 0) is 42.3 Å². The van der Waals surface area contributed by atoms with Crippen molar-refractivity contribution in [1.82, 2.24) is 15.1 Å². The molecule has 0 amide bonds. The van der Waals surface area contributed by atoms with Crippen molar-refractivity contribution in [3.63, 3.8) is 0 Å². The molecule has 0 aliphatic carbocycles. The third-order valence-electron chi connectivity index (χ3n) is 12.9. The van der Waals surface area contributed by atoms with Crippen molar-refractivity contribution in [2.45, 2.75) is 88.5 Å². The molecule has 1 spiro atoms. The predicted molar refractivity (Wildman–Crippen MR) is 217 cm³/mol. The van der Waals surface area contributed by atoms with Gasteiger partial charge in [0.15, 0.2) is 40.0 Å². The maximum absolute atomic E-state index is 15.0. The van der Waals surface area contributed by atoms with E-state index in [2.05, 4.69) is 21.2 Å². The van der Waals surface area contributed by atoms with Crippen LogP contribution >= 0.6 is 11.8 Å². The molecule has 7 aliphatic rings. The summed E-state index contributed by atoms with van der Waals surface area (Å²) < 4.78 is 48.3. The highest BCUT2D eigenvalue weighted by atomic mass is 32.2. The number of hydrogen-bond acceptors (Lipinski definition) is 17. The summed E-state index contributed by atoms with van der Waals surface area (Å²) in [5.74, 6) is 0.351. The molecule has 3 aromatic carbocycles. The number of aryl methyl sites for hydroxylation is 1. The molecule has 0 saturated carbocycles. The topological polar surface area (TPSA) is 184 Å². The minimum absolute atomic E-state index is 0.0885. The molecule has 17 heteroatoms. The quantitative estimate of drug-likeness (QED) is 0.281. The number of carbonyl (C=O) groups excluding carboxylic acids is 4. The molecule has 16 nitrogen and oxygen atoms in total. The van der Waals surface area contributed by atoms with E-state index >= 15 is 0 Å². The van der Waals surface area contributed by atoms with E-state index in [1.807, 2.05) is 27.0 Å². The number of esters is 4. The summed E-state index contributed by atoms with van der Waals surface area (Å²) in [6.07, 6.45) is 0.970. The summed E-state index contributed by atoms with van der Waals surface area (Å²) in [5.41, 5.74) is 4.23.